The number of aromatic amines is 1. The van der Waals surface area contributed by atoms with Gasteiger partial charge in [-0.2, -0.15) is 5.10 Å². The summed E-state index contributed by atoms with van der Waals surface area (Å²) in [5.41, 5.74) is 2.71. The number of rotatable bonds is 3. The molecule has 1 fully saturated rings. The van der Waals surface area contributed by atoms with Crippen molar-refractivity contribution >= 4 is 22.8 Å². The first kappa shape index (κ1) is 19.0. The van der Waals surface area contributed by atoms with Crippen LogP contribution >= 0.6 is 0 Å². The standard InChI is InChI=1S/C18H24N8O3/c1-11-14(12(2)21-20-11)25-7-5-24(6-8-25)13(27)9-26-10-19-16-15(26)17(28)23(4)18(29)22(16)3/h10H,5-9H2,1-4H3,(H,20,21). The number of aromatic nitrogens is 6. The minimum absolute atomic E-state index is 0.00765. The zero-order valence-corrected chi connectivity index (χ0v) is 17.0. The van der Waals surface area contributed by atoms with E-state index in [1.165, 1.54) is 22.5 Å². The van der Waals surface area contributed by atoms with Crippen LogP contribution in [0.1, 0.15) is 11.4 Å². The number of hydrogen-bond donors (Lipinski definition) is 1. The van der Waals surface area contributed by atoms with Crippen molar-refractivity contribution in [1.29, 1.82) is 0 Å². The number of aryl methyl sites for hydroxylation is 3. The normalized spacial score (nSPS) is 14.8. The van der Waals surface area contributed by atoms with Gasteiger partial charge in [0.2, 0.25) is 5.91 Å². The zero-order chi connectivity index (χ0) is 20.9. The third-order valence-corrected chi connectivity index (χ3v) is 5.56. The number of nitrogens with one attached hydrogen (secondary N) is 1. The first-order valence-electron chi connectivity index (χ1n) is 9.44. The summed E-state index contributed by atoms with van der Waals surface area (Å²) in [4.78, 5) is 45.6. The van der Waals surface area contributed by atoms with Crippen molar-refractivity contribution in [1.82, 2.24) is 33.8 Å². The van der Waals surface area contributed by atoms with Crippen molar-refractivity contribution in [2.75, 3.05) is 31.1 Å². The Bertz CT molecular complexity index is 1190. The Morgan fingerprint density at radius 3 is 2.41 bits per heavy atom. The molecule has 0 bridgehead atoms. The molecular weight excluding hydrogens is 376 g/mol. The van der Waals surface area contributed by atoms with Gasteiger partial charge in [0.25, 0.3) is 5.56 Å². The fourth-order valence-corrected chi connectivity index (χ4v) is 3.95. The van der Waals surface area contributed by atoms with Crippen LogP contribution in [0.4, 0.5) is 5.69 Å². The molecule has 3 aromatic heterocycles. The maximum atomic E-state index is 12.8. The molecule has 0 unspecified atom stereocenters. The van der Waals surface area contributed by atoms with Gasteiger partial charge in [0.15, 0.2) is 11.2 Å². The number of carbonyl (C=O) groups excluding carboxylic acids is 1. The van der Waals surface area contributed by atoms with E-state index in [0.717, 1.165) is 21.6 Å². The molecule has 0 aliphatic carbocycles. The molecule has 0 radical (unpaired) electrons. The maximum absolute atomic E-state index is 12.8. The molecule has 1 aliphatic heterocycles. The predicted molar refractivity (Wildman–Crippen MR) is 107 cm³/mol. The van der Waals surface area contributed by atoms with Gasteiger partial charge in [0.1, 0.15) is 6.54 Å². The Morgan fingerprint density at radius 2 is 1.79 bits per heavy atom. The van der Waals surface area contributed by atoms with Crippen LogP contribution in [0.5, 0.6) is 0 Å². The molecule has 1 aliphatic rings. The molecule has 154 valence electrons. The van der Waals surface area contributed by atoms with Crippen LogP contribution in [0.3, 0.4) is 0 Å². The fraction of sp³-hybridized carbons (Fsp3) is 0.500. The second-order valence-corrected chi connectivity index (χ2v) is 7.40. The molecule has 1 N–H and O–H groups in total. The number of hydrogen-bond acceptors (Lipinski definition) is 6. The molecule has 1 amide bonds. The lowest BCUT2D eigenvalue weighted by Gasteiger charge is -2.36. The molecule has 0 saturated carbocycles. The van der Waals surface area contributed by atoms with Gasteiger partial charge in [0.05, 0.1) is 23.4 Å². The summed E-state index contributed by atoms with van der Waals surface area (Å²) in [6.07, 6.45) is 1.44. The second-order valence-electron chi connectivity index (χ2n) is 7.40. The molecule has 11 heteroatoms. The maximum Gasteiger partial charge on any atom is 0.332 e. The van der Waals surface area contributed by atoms with Crippen molar-refractivity contribution in [2.24, 2.45) is 14.1 Å². The lowest BCUT2D eigenvalue weighted by molar-refractivity contribution is -0.132. The topological polar surface area (TPSA) is 114 Å². The molecule has 0 spiro atoms. The summed E-state index contributed by atoms with van der Waals surface area (Å²) in [6.45, 7) is 6.58. The number of piperazine rings is 1. The fourth-order valence-electron chi connectivity index (χ4n) is 3.95. The van der Waals surface area contributed by atoms with E-state index >= 15 is 0 Å². The average molecular weight is 400 g/mol. The van der Waals surface area contributed by atoms with Crippen molar-refractivity contribution in [3.63, 3.8) is 0 Å². The summed E-state index contributed by atoms with van der Waals surface area (Å²) >= 11 is 0. The van der Waals surface area contributed by atoms with Gasteiger partial charge in [-0.1, -0.05) is 0 Å². The van der Waals surface area contributed by atoms with Gasteiger partial charge in [0, 0.05) is 40.3 Å². The first-order valence-corrected chi connectivity index (χ1v) is 9.44. The minimum Gasteiger partial charge on any atom is -0.365 e. The van der Waals surface area contributed by atoms with Gasteiger partial charge in [-0.15, -0.1) is 0 Å². The largest absolute Gasteiger partial charge is 0.365 e. The Hall–Kier alpha value is -3.37. The summed E-state index contributed by atoms with van der Waals surface area (Å²) in [5.74, 6) is -0.0829. The van der Waals surface area contributed by atoms with E-state index in [-0.39, 0.29) is 23.6 Å². The zero-order valence-electron chi connectivity index (χ0n) is 17.0. The third-order valence-electron chi connectivity index (χ3n) is 5.56. The lowest BCUT2D eigenvalue weighted by atomic mass is 10.2. The highest BCUT2D eigenvalue weighted by atomic mass is 16.2. The van der Waals surface area contributed by atoms with Crippen molar-refractivity contribution in [2.45, 2.75) is 20.4 Å². The molecule has 3 aromatic rings. The smallest absolute Gasteiger partial charge is 0.332 e. The van der Waals surface area contributed by atoms with Gasteiger partial charge in [-0.3, -0.25) is 23.8 Å². The number of carbonyl (C=O) groups is 1. The number of H-pyrrole nitrogens is 1. The number of amides is 1. The molecule has 0 aromatic carbocycles. The minimum atomic E-state index is -0.455. The molecular formula is C18H24N8O3. The molecule has 4 rings (SSSR count). The number of imidazole rings is 1. The van der Waals surface area contributed by atoms with Gasteiger partial charge < -0.3 is 14.4 Å². The Morgan fingerprint density at radius 1 is 1.10 bits per heavy atom. The summed E-state index contributed by atoms with van der Waals surface area (Å²) in [6, 6.07) is 0. The second kappa shape index (κ2) is 6.90. The number of anilines is 1. The quantitative estimate of drug-likeness (QED) is 0.611. The summed E-state index contributed by atoms with van der Waals surface area (Å²) < 4.78 is 3.86. The Balaban J connectivity index is 1.51. The van der Waals surface area contributed by atoms with Crippen LogP contribution in [-0.2, 0) is 25.4 Å². The SMILES string of the molecule is Cc1n[nH]c(C)c1N1CCN(C(=O)Cn2cnc3c2c(=O)n(C)c(=O)n3C)CC1. The van der Waals surface area contributed by atoms with E-state index in [4.69, 9.17) is 0 Å². The van der Waals surface area contributed by atoms with Crippen LogP contribution in [0.2, 0.25) is 0 Å². The van der Waals surface area contributed by atoms with Crippen LogP contribution in [0, 0.1) is 13.8 Å². The highest BCUT2D eigenvalue weighted by Gasteiger charge is 2.25. The summed E-state index contributed by atoms with van der Waals surface area (Å²) in [5, 5.41) is 7.23. The van der Waals surface area contributed by atoms with Crippen LogP contribution < -0.4 is 16.1 Å². The number of fused-ring (bicyclic) bond motifs is 1. The third kappa shape index (κ3) is 3.02. The van der Waals surface area contributed by atoms with Gasteiger partial charge >= 0.3 is 5.69 Å². The first-order chi connectivity index (χ1) is 13.8. The monoisotopic (exact) mass is 400 g/mol. The molecule has 1 saturated heterocycles. The van der Waals surface area contributed by atoms with Crippen LogP contribution in [0.15, 0.2) is 15.9 Å². The van der Waals surface area contributed by atoms with Crippen LogP contribution in [-0.4, -0.2) is 65.9 Å². The van der Waals surface area contributed by atoms with E-state index < -0.39 is 11.2 Å². The van der Waals surface area contributed by atoms with E-state index in [0.29, 0.717) is 26.2 Å². The van der Waals surface area contributed by atoms with E-state index in [1.807, 2.05) is 13.8 Å². The molecule has 29 heavy (non-hydrogen) atoms. The Kier molecular flexibility index (Phi) is 4.52. The van der Waals surface area contributed by atoms with Gasteiger partial charge in [-0.05, 0) is 13.8 Å². The Labute approximate surface area is 166 Å². The predicted octanol–water partition coefficient (Wildman–Crippen LogP) is -0.878. The highest BCUT2D eigenvalue weighted by Crippen LogP contribution is 2.23. The highest BCUT2D eigenvalue weighted by molar-refractivity contribution is 5.79. The average Bonchev–Trinajstić information content (AvgIpc) is 3.28. The van der Waals surface area contributed by atoms with Crippen molar-refractivity contribution in [3.05, 3.63) is 38.6 Å². The molecule has 11 nitrogen and oxygen atoms in total. The van der Waals surface area contributed by atoms with E-state index in [1.54, 1.807) is 11.9 Å². The molecule has 0 atom stereocenters. The summed E-state index contributed by atoms with van der Waals surface area (Å²) in [7, 11) is 2.98. The number of nitrogens with zero attached hydrogens (tertiary/aromatic N) is 7. The molecule has 4 heterocycles. The lowest BCUT2D eigenvalue weighted by Crippen LogP contribution is -2.50. The van der Waals surface area contributed by atoms with Crippen LogP contribution in [0.25, 0.3) is 11.2 Å². The van der Waals surface area contributed by atoms with E-state index in [9.17, 15) is 14.4 Å². The van der Waals surface area contributed by atoms with E-state index in [2.05, 4.69) is 20.1 Å². The van der Waals surface area contributed by atoms with Gasteiger partial charge in [-0.25, -0.2) is 9.78 Å². The van der Waals surface area contributed by atoms with Crippen molar-refractivity contribution < 1.29 is 4.79 Å². The van der Waals surface area contributed by atoms with Crippen molar-refractivity contribution in [3.8, 4) is 0 Å².